The SMILES string of the molecule is C=C.COCCC(C)C. The van der Waals surface area contributed by atoms with Crippen LogP contribution in [0.15, 0.2) is 13.2 Å². The number of hydrogen-bond acceptors (Lipinski definition) is 1. The summed E-state index contributed by atoms with van der Waals surface area (Å²) < 4.78 is 4.85. The van der Waals surface area contributed by atoms with Gasteiger partial charge in [0.15, 0.2) is 0 Å². The van der Waals surface area contributed by atoms with E-state index in [0.29, 0.717) is 0 Å². The molecule has 1 heteroatoms. The summed E-state index contributed by atoms with van der Waals surface area (Å²) in [5.41, 5.74) is 0. The van der Waals surface area contributed by atoms with Crippen LogP contribution in [0.25, 0.3) is 0 Å². The Balaban J connectivity index is 0. The highest BCUT2D eigenvalue weighted by Crippen LogP contribution is 1.96. The Morgan fingerprint density at radius 1 is 1.33 bits per heavy atom. The summed E-state index contributed by atoms with van der Waals surface area (Å²) in [5, 5.41) is 0. The number of ether oxygens (including phenoxy) is 1. The number of hydrogen-bond donors (Lipinski definition) is 0. The van der Waals surface area contributed by atoms with Crippen LogP contribution in [0.2, 0.25) is 0 Å². The van der Waals surface area contributed by atoms with Gasteiger partial charge in [0.2, 0.25) is 0 Å². The molecule has 0 aliphatic heterocycles. The molecule has 1 nitrogen and oxygen atoms in total. The topological polar surface area (TPSA) is 9.23 Å². The van der Waals surface area contributed by atoms with Crippen LogP contribution in [0.3, 0.4) is 0 Å². The number of rotatable bonds is 3. The van der Waals surface area contributed by atoms with Gasteiger partial charge in [-0.3, -0.25) is 0 Å². The lowest BCUT2D eigenvalue weighted by Crippen LogP contribution is -1.93. The Kier molecular flexibility index (Phi) is 13.6. The maximum Gasteiger partial charge on any atom is 0.0464 e. The van der Waals surface area contributed by atoms with E-state index in [4.69, 9.17) is 4.74 Å². The third kappa shape index (κ3) is 18.3. The Labute approximate surface area is 58.7 Å². The molecule has 0 amide bonds. The molecule has 0 spiro atoms. The van der Waals surface area contributed by atoms with Crippen LogP contribution in [-0.4, -0.2) is 13.7 Å². The van der Waals surface area contributed by atoms with Gasteiger partial charge in [-0.2, -0.15) is 0 Å². The van der Waals surface area contributed by atoms with Crippen molar-refractivity contribution in [1.82, 2.24) is 0 Å². The molecule has 56 valence electrons. The summed E-state index contributed by atoms with van der Waals surface area (Å²) in [5.74, 6) is 0.778. The van der Waals surface area contributed by atoms with Crippen LogP contribution in [-0.2, 0) is 4.74 Å². The van der Waals surface area contributed by atoms with Gasteiger partial charge in [0.1, 0.15) is 0 Å². The van der Waals surface area contributed by atoms with Crippen molar-refractivity contribution in [3.63, 3.8) is 0 Å². The molecular formula is C8H18O. The first-order valence-corrected chi connectivity index (χ1v) is 3.26. The summed E-state index contributed by atoms with van der Waals surface area (Å²) in [6, 6.07) is 0. The van der Waals surface area contributed by atoms with Gasteiger partial charge in [-0.25, -0.2) is 0 Å². The summed E-state index contributed by atoms with van der Waals surface area (Å²) >= 11 is 0. The van der Waals surface area contributed by atoms with E-state index >= 15 is 0 Å². The third-order valence-corrected chi connectivity index (χ3v) is 0.899. The first kappa shape index (κ1) is 11.5. The van der Waals surface area contributed by atoms with Crippen molar-refractivity contribution in [3.05, 3.63) is 13.2 Å². The van der Waals surface area contributed by atoms with E-state index in [1.54, 1.807) is 7.11 Å². The lowest BCUT2D eigenvalue weighted by atomic mass is 10.1. The highest BCUT2D eigenvalue weighted by Gasteiger charge is 1.89. The molecule has 0 radical (unpaired) electrons. The molecule has 0 fully saturated rings. The van der Waals surface area contributed by atoms with Crippen molar-refractivity contribution in [1.29, 1.82) is 0 Å². The fourth-order valence-electron chi connectivity index (χ4n) is 0.354. The zero-order valence-electron chi connectivity index (χ0n) is 6.81. The van der Waals surface area contributed by atoms with E-state index < -0.39 is 0 Å². The molecule has 0 aromatic rings. The number of methoxy groups -OCH3 is 1. The molecule has 0 saturated carbocycles. The molecule has 0 aliphatic rings. The first-order chi connectivity index (χ1) is 4.27. The van der Waals surface area contributed by atoms with Crippen LogP contribution in [0.4, 0.5) is 0 Å². The predicted molar refractivity (Wildman–Crippen MR) is 42.6 cm³/mol. The van der Waals surface area contributed by atoms with E-state index in [2.05, 4.69) is 27.0 Å². The van der Waals surface area contributed by atoms with Crippen molar-refractivity contribution < 1.29 is 4.74 Å². The quantitative estimate of drug-likeness (QED) is 0.533. The van der Waals surface area contributed by atoms with Gasteiger partial charge in [0.25, 0.3) is 0 Å². The molecule has 0 N–H and O–H groups in total. The van der Waals surface area contributed by atoms with Crippen molar-refractivity contribution in [2.45, 2.75) is 20.3 Å². The molecular weight excluding hydrogens is 112 g/mol. The molecule has 0 heterocycles. The van der Waals surface area contributed by atoms with Crippen LogP contribution < -0.4 is 0 Å². The zero-order valence-corrected chi connectivity index (χ0v) is 6.81. The molecule has 0 bridgehead atoms. The second-order valence-corrected chi connectivity index (χ2v) is 2.18. The fourth-order valence-corrected chi connectivity index (χ4v) is 0.354. The average Bonchev–Trinajstić information content (AvgIpc) is 1.88. The summed E-state index contributed by atoms with van der Waals surface area (Å²) in [6.07, 6.45) is 1.18. The zero-order chi connectivity index (χ0) is 7.70. The second kappa shape index (κ2) is 10.6. The first-order valence-electron chi connectivity index (χ1n) is 3.26. The minimum Gasteiger partial charge on any atom is -0.385 e. The maximum absolute atomic E-state index is 4.85. The molecule has 0 aromatic heterocycles. The van der Waals surface area contributed by atoms with Crippen LogP contribution in [0, 0.1) is 5.92 Å². The molecule has 0 atom stereocenters. The molecule has 0 aromatic carbocycles. The van der Waals surface area contributed by atoms with Crippen molar-refractivity contribution >= 4 is 0 Å². The van der Waals surface area contributed by atoms with Gasteiger partial charge in [-0.1, -0.05) is 13.8 Å². The van der Waals surface area contributed by atoms with E-state index in [-0.39, 0.29) is 0 Å². The fraction of sp³-hybridized carbons (Fsp3) is 0.750. The van der Waals surface area contributed by atoms with E-state index in [9.17, 15) is 0 Å². The maximum atomic E-state index is 4.85. The Morgan fingerprint density at radius 3 is 1.89 bits per heavy atom. The second-order valence-electron chi connectivity index (χ2n) is 2.18. The van der Waals surface area contributed by atoms with Crippen molar-refractivity contribution in [2.24, 2.45) is 5.92 Å². The highest BCUT2D eigenvalue weighted by molar-refractivity contribution is 4.40. The van der Waals surface area contributed by atoms with Crippen LogP contribution >= 0.6 is 0 Å². The summed E-state index contributed by atoms with van der Waals surface area (Å²) in [6.45, 7) is 11.3. The Bertz CT molecular complexity index is 41.8. The molecule has 0 aliphatic carbocycles. The smallest absolute Gasteiger partial charge is 0.0464 e. The Hall–Kier alpha value is -0.300. The molecule has 0 saturated heterocycles. The van der Waals surface area contributed by atoms with E-state index in [1.807, 2.05) is 0 Å². The predicted octanol–water partition coefficient (Wildman–Crippen LogP) is 2.48. The van der Waals surface area contributed by atoms with Crippen LogP contribution in [0.1, 0.15) is 20.3 Å². The minimum atomic E-state index is 0.778. The van der Waals surface area contributed by atoms with Crippen molar-refractivity contribution in [3.8, 4) is 0 Å². The van der Waals surface area contributed by atoms with Gasteiger partial charge >= 0.3 is 0 Å². The van der Waals surface area contributed by atoms with Gasteiger partial charge in [-0.05, 0) is 12.3 Å². The van der Waals surface area contributed by atoms with Crippen LogP contribution in [0.5, 0.6) is 0 Å². The van der Waals surface area contributed by atoms with Gasteiger partial charge in [0, 0.05) is 13.7 Å². The Morgan fingerprint density at radius 2 is 1.78 bits per heavy atom. The molecule has 9 heavy (non-hydrogen) atoms. The molecule has 0 rings (SSSR count). The summed E-state index contributed by atoms with van der Waals surface area (Å²) in [7, 11) is 1.74. The largest absolute Gasteiger partial charge is 0.385 e. The summed E-state index contributed by atoms with van der Waals surface area (Å²) in [4.78, 5) is 0. The highest BCUT2D eigenvalue weighted by atomic mass is 16.5. The normalized spacial score (nSPS) is 8.44. The van der Waals surface area contributed by atoms with Gasteiger partial charge in [-0.15, -0.1) is 13.2 Å². The lowest BCUT2D eigenvalue weighted by molar-refractivity contribution is 0.183. The minimum absolute atomic E-state index is 0.778. The lowest BCUT2D eigenvalue weighted by Gasteiger charge is -1.99. The van der Waals surface area contributed by atoms with E-state index in [1.165, 1.54) is 6.42 Å². The monoisotopic (exact) mass is 130 g/mol. The standard InChI is InChI=1S/C6H14O.C2H4/c1-6(2)4-5-7-3;1-2/h6H,4-5H2,1-3H3;1-2H2. The van der Waals surface area contributed by atoms with Crippen molar-refractivity contribution in [2.75, 3.05) is 13.7 Å². The molecule has 0 unspecified atom stereocenters. The van der Waals surface area contributed by atoms with Gasteiger partial charge in [0.05, 0.1) is 0 Å². The van der Waals surface area contributed by atoms with Gasteiger partial charge < -0.3 is 4.74 Å². The van der Waals surface area contributed by atoms with E-state index in [0.717, 1.165) is 12.5 Å². The average molecular weight is 130 g/mol. The third-order valence-electron chi connectivity index (χ3n) is 0.899.